The number of nitrogens with zero attached hydrogens (tertiary/aromatic N) is 1. The standard InChI is InChI=1S/C24H30Cl2N2O5/c1-24(2,3)33-23(30)27-12-13-31-14-15-32-21(29)16-17-8-5-6-11-20(17)28(4)22-18(25)9-7-10-19(22)26/h5-11H,12-16H2,1-4H3,(H,27,30). The predicted molar refractivity (Wildman–Crippen MR) is 131 cm³/mol. The van der Waals surface area contributed by atoms with Crippen LogP contribution in [0.3, 0.4) is 0 Å². The molecule has 0 fully saturated rings. The molecule has 0 unspecified atom stereocenters. The molecule has 0 saturated heterocycles. The number of esters is 1. The molecule has 0 spiro atoms. The Balaban J connectivity index is 1.79. The molecule has 7 nitrogen and oxygen atoms in total. The molecular formula is C24H30Cl2N2O5. The van der Waals surface area contributed by atoms with Crippen molar-refractivity contribution >= 4 is 46.6 Å². The van der Waals surface area contributed by atoms with E-state index in [0.29, 0.717) is 22.3 Å². The minimum Gasteiger partial charge on any atom is -0.463 e. The van der Waals surface area contributed by atoms with Crippen molar-refractivity contribution in [1.29, 1.82) is 0 Å². The molecule has 0 heterocycles. The quantitative estimate of drug-likeness (QED) is 0.351. The van der Waals surface area contributed by atoms with Gasteiger partial charge in [0, 0.05) is 19.3 Å². The van der Waals surface area contributed by atoms with Gasteiger partial charge in [0.05, 0.1) is 35.4 Å². The minimum absolute atomic E-state index is 0.0861. The van der Waals surface area contributed by atoms with Crippen molar-refractivity contribution in [1.82, 2.24) is 5.32 Å². The number of carbonyl (C=O) groups excluding carboxylic acids is 2. The molecule has 180 valence electrons. The van der Waals surface area contributed by atoms with Gasteiger partial charge in [0.15, 0.2) is 0 Å². The summed E-state index contributed by atoms with van der Waals surface area (Å²) >= 11 is 12.7. The number of amides is 1. The summed E-state index contributed by atoms with van der Waals surface area (Å²) in [4.78, 5) is 25.7. The van der Waals surface area contributed by atoms with E-state index in [2.05, 4.69) is 5.32 Å². The first kappa shape index (κ1) is 26.8. The molecule has 0 saturated carbocycles. The zero-order chi connectivity index (χ0) is 24.4. The molecular weight excluding hydrogens is 467 g/mol. The summed E-state index contributed by atoms with van der Waals surface area (Å²) in [7, 11) is 1.84. The van der Waals surface area contributed by atoms with Crippen LogP contribution < -0.4 is 10.2 Å². The zero-order valence-corrected chi connectivity index (χ0v) is 20.8. The Morgan fingerprint density at radius 3 is 2.30 bits per heavy atom. The van der Waals surface area contributed by atoms with Crippen LogP contribution in [0.5, 0.6) is 0 Å². The van der Waals surface area contributed by atoms with Crippen LogP contribution >= 0.6 is 23.2 Å². The van der Waals surface area contributed by atoms with Gasteiger partial charge in [-0.3, -0.25) is 4.79 Å². The Bertz CT molecular complexity index is 926. The van der Waals surface area contributed by atoms with E-state index in [1.165, 1.54) is 0 Å². The number of para-hydroxylation sites is 2. The van der Waals surface area contributed by atoms with Crippen molar-refractivity contribution in [3.63, 3.8) is 0 Å². The molecule has 2 aromatic rings. The second-order valence-corrected chi connectivity index (χ2v) is 9.01. The molecule has 9 heteroatoms. The van der Waals surface area contributed by atoms with Gasteiger partial charge in [0.2, 0.25) is 0 Å². The number of carbonyl (C=O) groups is 2. The van der Waals surface area contributed by atoms with Crippen molar-refractivity contribution in [2.24, 2.45) is 0 Å². The third-order valence-electron chi connectivity index (χ3n) is 4.37. The smallest absolute Gasteiger partial charge is 0.407 e. The highest BCUT2D eigenvalue weighted by molar-refractivity contribution is 6.39. The summed E-state index contributed by atoms with van der Waals surface area (Å²) < 4.78 is 15.8. The fourth-order valence-corrected chi connectivity index (χ4v) is 3.63. The highest BCUT2D eigenvalue weighted by Gasteiger charge is 2.17. The maximum absolute atomic E-state index is 12.3. The van der Waals surface area contributed by atoms with Gasteiger partial charge >= 0.3 is 12.1 Å². The van der Waals surface area contributed by atoms with Crippen LogP contribution in [0.15, 0.2) is 42.5 Å². The molecule has 0 atom stereocenters. The Hall–Kier alpha value is -2.48. The number of hydrogen-bond donors (Lipinski definition) is 1. The van der Waals surface area contributed by atoms with Crippen molar-refractivity contribution in [3.8, 4) is 0 Å². The van der Waals surface area contributed by atoms with E-state index in [0.717, 1.165) is 11.3 Å². The van der Waals surface area contributed by atoms with Gasteiger partial charge in [-0.05, 0) is 44.5 Å². The monoisotopic (exact) mass is 496 g/mol. The summed E-state index contributed by atoms with van der Waals surface area (Å²) in [5.41, 5.74) is 1.69. The lowest BCUT2D eigenvalue weighted by Gasteiger charge is -2.24. The van der Waals surface area contributed by atoms with E-state index in [9.17, 15) is 9.59 Å². The SMILES string of the molecule is CN(c1ccccc1CC(=O)OCCOCCNC(=O)OC(C)(C)C)c1c(Cl)cccc1Cl. The largest absolute Gasteiger partial charge is 0.463 e. The molecule has 0 aliphatic heterocycles. The highest BCUT2D eigenvalue weighted by atomic mass is 35.5. The maximum Gasteiger partial charge on any atom is 0.407 e. The first-order valence-corrected chi connectivity index (χ1v) is 11.3. The van der Waals surface area contributed by atoms with E-state index >= 15 is 0 Å². The minimum atomic E-state index is -0.549. The fraction of sp³-hybridized carbons (Fsp3) is 0.417. The van der Waals surface area contributed by atoms with Crippen LogP contribution in [0.25, 0.3) is 0 Å². The summed E-state index contributed by atoms with van der Waals surface area (Å²) in [6.45, 7) is 6.29. The van der Waals surface area contributed by atoms with Crippen LogP contribution in [-0.4, -0.2) is 51.1 Å². The van der Waals surface area contributed by atoms with Crippen molar-refractivity contribution in [2.75, 3.05) is 38.3 Å². The second-order valence-electron chi connectivity index (χ2n) is 8.20. The normalized spacial score (nSPS) is 11.1. The molecule has 0 aromatic heterocycles. The van der Waals surface area contributed by atoms with E-state index in [1.54, 1.807) is 39.0 Å². The number of nitrogens with one attached hydrogen (secondary N) is 1. The number of alkyl carbamates (subject to hydrolysis) is 1. The first-order valence-electron chi connectivity index (χ1n) is 10.5. The van der Waals surface area contributed by atoms with Crippen LogP contribution in [0.2, 0.25) is 10.0 Å². The maximum atomic E-state index is 12.3. The fourth-order valence-electron chi connectivity index (χ4n) is 2.98. The van der Waals surface area contributed by atoms with Gasteiger partial charge in [0.25, 0.3) is 0 Å². The van der Waals surface area contributed by atoms with E-state index in [1.807, 2.05) is 36.2 Å². The number of anilines is 2. The van der Waals surface area contributed by atoms with Gasteiger partial charge in [-0.15, -0.1) is 0 Å². The van der Waals surface area contributed by atoms with Gasteiger partial charge in [-0.25, -0.2) is 4.79 Å². The molecule has 1 amide bonds. The number of halogens is 2. The molecule has 0 bridgehead atoms. The lowest BCUT2D eigenvalue weighted by molar-refractivity contribution is -0.144. The molecule has 2 rings (SSSR count). The van der Waals surface area contributed by atoms with Gasteiger partial charge in [0.1, 0.15) is 12.2 Å². The topological polar surface area (TPSA) is 77.1 Å². The Kier molecular flexibility index (Phi) is 10.3. The zero-order valence-electron chi connectivity index (χ0n) is 19.3. The molecule has 0 aliphatic carbocycles. The van der Waals surface area contributed by atoms with Crippen LogP contribution in [0, 0.1) is 0 Å². The van der Waals surface area contributed by atoms with E-state index in [-0.39, 0.29) is 32.2 Å². The van der Waals surface area contributed by atoms with Gasteiger partial charge in [-0.2, -0.15) is 0 Å². The van der Waals surface area contributed by atoms with Gasteiger partial charge in [-0.1, -0.05) is 47.5 Å². The third kappa shape index (κ3) is 9.12. The van der Waals surface area contributed by atoms with Crippen molar-refractivity contribution in [2.45, 2.75) is 32.8 Å². The third-order valence-corrected chi connectivity index (χ3v) is 4.98. The summed E-state index contributed by atoms with van der Waals surface area (Å²) in [5.74, 6) is -0.378. The lowest BCUT2D eigenvalue weighted by atomic mass is 10.1. The predicted octanol–water partition coefficient (Wildman–Crippen LogP) is 5.39. The lowest BCUT2D eigenvalue weighted by Crippen LogP contribution is -2.34. The molecule has 0 aliphatic rings. The van der Waals surface area contributed by atoms with E-state index in [4.69, 9.17) is 37.4 Å². The van der Waals surface area contributed by atoms with Crippen molar-refractivity contribution in [3.05, 3.63) is 58.1 Å². The van der Waals surface area contributed by atoms with Gasteiger partial charge < -0.3 is 24.4 Å². The average molecular weight is 497 g/mol. The number of benzene rings is 2. The molecule has 2 aromatic carbocycles. The molecule has 0 radical (unpaired) electrons. The first-order chi connectivity index (χ1) is 15.6. The van der Waals surface area contributed by atoms with E-state index < -0.39 is 11.7 Å². The van der Waals surface area contributed by atoms with Crippen molar-refractivity contribution < 1.29 is 23.8 Å². The summed E-state index contributed by atoms with van der Waals surface area (Å²) in [6.07, 6.45) is -0.415. The van der Waals surface area contributed by atoms with Crippen LogP contribution in [0.1, 0.15) is 26.3 Å². The van der Waals surface area contributed by atoms with Crippen LogP contribution in [0.4, 0.5) is 16.2 Å². The second kappa shape index (κ2) is 12.7. The Morgan fingerprint density at radius 1 is 0.970 bits per heavy atom. The molecule has 33 heavy (non-hydrogen) atoms. The summed E-state index contributed by atoms with van der Waals surface area (Å²) in [6, 6.07) is 12.8. The Morgan fingerprint density at radius 2 is 1.64 bits per heavy atom. The van der Waals surface area contributed by atoms with Crippen LogP contribution in [-0.2, 0) is 25.4 Å². The highest BCUT2D eigenvalue weighted by Crippen LogP contribution is 2.38. The average Bonchev–Trinajstić information content (AvgIpc) is 2.72. The summed E-state index contributed by atoms with van der Waals surface area (Å²) in [5, 5.41) is 3.62. The Labute approximate surface area is 204 Å². The number of rotatable bonds is 10. The molecule has 1 N–H and O–H groups in total. The number of ether oxygens (including phenoxy) is 3. The number of hydrogen-bond acceptors (Lipinski definition) is 6.